The molecule has 0 aliphatic carbocycles. The van der Waals surface area contributed by atoms with Crippen LogP contribution in [-0.4, -0.2) is 48.0 Å². The summed E-state index contributed by atoms with van der Waals surface area (Å²) in [6.07, 6.45) is 6.22. The van der Waals surface area contributed by atoms with Crippen molar-refractivity contribution in [3.8, 4) is 11.4 Å². The summed E-state index contributed by atoms with van der Waals surface area (Å²) in [7, 11) is 0. The molecule has 1 saturated heterocycles. The van der Waals surface area contributed by atoms with Gasteiger partial charge in [-0.15, -0.1) is 16.4 Å². The Morgan fingerprint density at radius 3 is 2.77 bits per heavy atom. The first kappa shape index (κ1) is 18.9. The van der Waals surface area contributed by atoms with E-state index in [-0.39, 0.29) is 18.1 Å². The quantitative estimate of drug-likeness (QED) is 0.505. The van der Waals surface area contributed by atoms with E-state index in [0.29, 0.717) is 11.5 Å². The molecule has 154 valence electrons. The van der Waals surface area contributed by atoms with Crippen molar-refractivity contribution in [2.45, 2.75) is 39.7 Å². The molecule has 0 bridgehead atoms. The van der Waals surface area contributed by atoms with Crippen LogP contribution in [0.25, 0.3) is 27.3 Å². The number of likely N-dealkylation sites (tertiary alicyclic amines) is 1. The third kappa shape index (κ3) is 2.92. The molecule has 1 amide bonds. The molecule has 8 nitrogen and oxygen atoms in total. The first-order valence-electron chi connectivity index (χ1n) is 10.2. The zero-order valence-electron chi connectivity index (χ0n) is 17.0. The molecule has 5 rings (SSSR count). The third-order valence-electron chi connectivity index (χ3n) is 5.70. The first-order valence-corrected chi connectivity index (χ1v) is 11.0. The molecule has 0 radical (unpaired) electrons. The number of carbonyl (C=O) groups is 1. The van der Waals surface area contributed by atoms with Crippen LogP contribution in [0.5, 0.6) is 0 Å². The topological polar surface area (TPSA) is 85.4 Å². The highest BCUT2D eigenvalue weighted by atomic mass is 32.1. The summed E-state index contributed by atoms with van der Waals surface area (Å²) >= 11 is 1.55. The van der Waals surface area contributed by atoms with E-state index in [2.05, 4.69) is 23.9 Å². The molecule has 30 heavy (non-hydrogen) atoms. The van der Waals surface area contributed by atoms with Gasteiger partial charge in [0.1, 0.15) is 11.4 Å². The lowest BCUT2D eigenvalue weighted by molar-refractivity contribution is -0.130. The van der Waals surface area contributed by atoms with Crippen molar-refractivity contribution in [1.82, 2.24) is 29.0 Å². The van der Waals surface area contributed by atoms with Crippen molar-refractivity contribution in [1.29, 1.82) is 0 Å². The number of nitrogens with zero attached hydrogens (tertiary/aromatic N) is 6. The van der Waals surface area contributed by atoms with E-state index in [1.165, 1.54) is 4.52 Å². The highest BCUT2D eigenvalue weighted by Crippen LogP contribution is 2.33. The smallest absolute Gasteiger partial charge is 0.341 e. The van der Waals surface area contributed by atoms with Crippen molar-refractivity contribution in [2.24, 2.45) is 0 Å². The van der Waals surface area contributed by atoms with Gasteiger partial charge in [0.25, 0.3) is 0 Å². The summed E-state index contributed by atoms with van der Waals surface area (Å²) in [5.41, 5.74) is 2.10. The SMILES string of the molecule is CCc1c(C)sc2c1c1nc(-c3cccnc3)nn1c(=O)n2CC(=O)N1CCCC1. The Labute approximate surface area is 176 Å². The normalized spacial score (nSPS) is 14.3. The molecule has 5 heterocycles. The molecule has 0 aromatic carbocycles. The number of fused-ring (bicyclic) bond motifs is 3. The van der Waals surface area contributed by atoms with Gasteiger partial charge in [-0.25, -0.2) is 9.78 Å². The van der Waals surface area contributed by atoms with E-state index >= 15 is 0 Å². The van der Waals surface area contributed by atoms with Crippen molar-refractivity contribution in [3.05, 3.63) is 45.5 Å². The first-order chi connectivity index (χ1) is 14.6. The van der Waals surface area contributed by atoms with Gasteiger partial charge in [0.05, 0.1) is 5.39 Å². The molecule has 1 aliphatic heterocycles. The summed E-state index contributed by atoms with van der Waals surface area (Å²) < 4.78 is 2.91. The summed E-state index contributed by atoms with van der Waals surface area (Å²) in [4.78, 5) is 38.8. The summed E-state index contributed by atoms with van der Waals surface area (Å²) in [5.74, 6) is 0.433. The lowest BCUT2D eigenvalue weighted by atomic mass is 10.1. The number of carbonyl (C=O) groups excluding carboxylic acids is 1. The molecular weight excluding hydrogens is 400 g/mol. The Kier molecular flexibility index (Phi) is 4.62. The average Bonchev–Trinajstić information content (AvgIpc) is 3.49. The van der Waals surface area contributed by atoms with Gasteiger partial charge in [0.2, 0.25) is 5.91 Å². The molecule has 4 aromatic rings. The zero-order chi connectivity index (χ0) is 20.8. The van der Waals surface area contributed by atoms with Crippen LogP contribution in [-0.2, 0) is 17.8 Å². The number of pyridine rings is 1. The van der Waals surface area contributed by atoms with Crippen LogP contribution in [0, 0.1) is 6.92 Å². The van der Waals surface area contributed by atoms with E-state index in [4.69, 9.17) is 4.98 Å². The van der Waals surface area contributed by atoms with Gasteiger partial charge in [0.15, 0.2) is 11.5 Å². The van der Waals surface area contributed by atoms with Crippen LogP contribution in [0.3, 0.4) is 0 Å². The summed E-state index contributed by atoms with van der Waals surface area (Å²) in [6.45, 7) is 5.69. The van der Waals surface area contributed by atoms with Crippen molar-refractivity contribution in [2.75, 3.05) is 13.1 Å². The Morgan fingerprint density at radius 2 is 2.07 bits per heavy atom. The molecule has 0 spiro atoms. The lowest BCUT2D eigenvalue weighted by Crippen LogP contribution is -2.36. The van der Waals surface area contributed by atoms with Gasteiger partial charge in [-0.3, -0.25) is 14.3 Å². The third-order valence-corrected chi connectivity index (χ3v) is 6.87. The minimum absolute atomic E-state index is 0.0213. The molecule has 0 unspecified atom stereocenters. The van der Waals surface area contributed by atoms with Crippen LogP contribution in [0.2, 0.25) is 0 Å². The molecule has 0 saturated carbocycles. The van der Waals surface area contributed by atoms with Gasteiger partial charge in [-0.05, 0) is 43.9 Å². The fourth-order valence-electron chi connectivity index (χ4n) is 4.18. The second kappa shape index (κ2) is 7.32. The molecule has 4 aromatic heterocycles. The Bertz CT molecular complexity index is 1310. The van der Waals surface area contributed by atoms with Crippen LogP contribution in [0.4, 0.5) is 0 Å². The largest absolute Gasteiger partial charge is 0.352 e. The molecule has 0 atom stereocenters. The monoisotopic (exact) mass is 422 g/mol. The van der Waals surface area contributed by atoms with E-state index in [1.807, 2.05) is 17.0 Å². The molecule has 1 aliphatic rings. The van der Waals surface area contributed by atoms with Crippen LogP contribution in [0.15, 0.2) is 29.3 Å². The predicted molar refractivity (Wildman–Crippen MR) is 116 cm³/mol. The van der Waals surface area contributed by atoms with E-state index in [0.717, 1.165) is 58.6 Å². The van der Waals surface area contributed by atoms with Gasteiger partial charge >= 0.3 is 5.69 Å². The van der Waals surface area contributed by atoms with Gasteiger partial charge in [-0.1, -0.05) is 6.92 Å². The van der Waals surface area contributed by atoms with Crippen LogP contribution >= 0.6 is 11.3 Å². The van der Waals surface area contributed by atoms with Gasteiger partial charge < -0.3 is 4.90 Å². The van der Waals surface area contributed by atoms with Gasteiger partial charge in [0, 0.05) is 35.9 Å². The minimum Gasteiger partial charge on any atom is -0.341 e. The number of hydrogen-bond donors (Lipinski definition) is 0. The predicted octanol–water partition coefficient (Wildman–Crippen LogP) is 2.66. The summed E-state index contributed by atoms with van der Waals surface area (Å²) in [6, 6.07) is 3.68. The maximum absolute atomic E-state index is 13.4. The maximum atomic E-state index is 13.4. The van der Waals surface area contributed by atoms with E-state index in [9.17, 15) is 9.59 Å². The van der Waals surface area contributed by atoms with Crippen molar-refractivity contribution < 1.29 is 4.79 Å². The fourth-order valence-corrected chi connectivity index (χ4v) is 5.41. The maximum Gasteiger partial charge on any atom is 0.352 e. The van der Waals surface area contributed by atoms with Gasteiger partial charge in [-0.2, -0.15) is 4.52 Å². The van der Waals surface area contributed by atoms with E-state index in [1.54, 1.807) is 28.3 Å². The molecule has 9 heteroatoms. The number of aryl methyl sites for hydroxylation is 2. The lowest BCUT2D eigenvalue weighted by Gasteiger charge is -2.16. The van der Waals surface area contributed by atoms with Crippen LogP contribution in [0.1, 0.15) is 30.2 Å². The average molecular weight is 423 g/mol. The second-order valence-electron chi connectivity index (χ2n) is 7.54. The minimum atomic E-state index is -0.336. The van der Waals surface area contributed by atoms with Crippen molar-refractivity contribution >= 4 is 33.1 Å². The standard InChI is InChI=1S/C21H22N6O2S/c1-3-15-13(2)30-20-17(15)19-23-18(14-7-6-8-22-11-14)24-27(19)21(29)26(20)12-16(28)25-9-4-5-10-25/h6-8,11H,3-5,9-10,12H2,1-2H3. The zero-order valence-corrected chi connectivity index (χ0v) is 17.8. The number of rotatable bonds is 4. The van der Waals surface area contributed by atoms with E-state index < -0.39 is 0 Å². The summed E-state index contributed by atoms with van der Waals surface area (Å²) in [5, 5.41) is 5.41. The fraction of sp³-hybridized carbons (Fsp3) is 0.381. The molecule has 1 fully saturated rings. The Morgan fingerprint density at radius 1 is 1.27 bits per heavy atom. The molecular formula is C21H22N6O2S. The Hall–Kier alpha value is -3.07. The highest BCUT2D eigenvalue weighted by Gasteiger charge is 2.24. The van der Waals surface area contributed by atoms with Crippen LogP contribution < -0.4 is 5.69 Å². The molecule has 0 N–H and O–H groups in total. The number of thiophene rings is 1. The number of amides is 1. The highest BCUT2D eigenvalue weighted by molar-refractivity contribution is 7.19. The second-order valence-corrected chi connectivity index (χ2v) is 8.74. The number of hydrogen-bond acceptors (Lipinski definition) is 6. The van der Waals surface area contributed by atoms with Crippen molar-refractivity contribution in [3.63, 3.8) is 0 Å². The Balaban J connectivity index is 1.75. The number of aromatic nitrogens is 5.